The van der Waals surface area contributed by atoms with Crippen LogP contribution in [0, 0.1) is 6.92 Å². The van der Waals surface area contributed by atoms with Gasteiger partial charge in [-0.15, -0.1) is 0 Å². The molecule has 2 aromatic rings. The number of hydrogen-bond acceptors (Lipinski definition) is 4. The van der Waals surface area contributed by atoms with Gasteiger partial charge in [-0.2, -0.15) is 5.10 Å². The smallest absolute Gasteiger partial charge is 0.334 e. The molecule has 1 N–H and O–H groups in total. The molecule has 0 saturated carbocycles. The highest BCUT2D eigenvalue weighted by Gasteiger charge is 2.31. The molecule has 1 saturated heterocycles. The Labute approximate surface area is 143 Å². The lowest BCUT2D eigenvalue weighted by Crippen LogP contribution is -2.48. The van der Waals surface area contributed by atoms with Crippen molar-refractivity contribution in [2.45, 2.75) is 13.0 Å². The minimum absolute atomic E-state index is 0.00651. The number of halogens is 1. The topological polar surface area (TPSA) is 84.7 Å². The third kappa shape index (κ3) is 3.13. The number of para-hydroxylation sites is 1. The van der Waals surface area contributed by atoms with Crippen LogP contribution in [-0.2, 0) is 9.53 Å². The van der Waals surface area contributed by atoms with Crippen LogP contribution in [-0.4, -0.2) is 57.5 Å². The van der Waals surface area contributed by atoms with Gasteiger partial charge in [0.1, 0.15) is 0 Å². The number of aromatic nitrogens is 2. The van der Waals surface area contributed by atoms with E-state index in [0.717, 1.165) is 0 Å². The fourth-order valence-electron chi connectivity index (χ4n) is 2.57. The first-order valence-corrected chi connectivity index (χ1v) is 7.80. The summed E-state index contributed by atoms with van der Waals surface area (Å²) in [6, 6.07) is 7.19. The average molecular weight is 350 g/mol. The molecule has 1 atom stereocenters. The number of rotatable bonds is 3. The van der Waals surface area contributed by atoms with E-state index in [1.165, 1.54) is 4.90 Å². The lowest BCUT2D eigenvalue weighted by atomic mass is 10.2. The molecular weight excluding hydrogens is 334 g/mol. The first-order valence-electron chi connectivity index (χ1n) is 7.42. The van der Waals surface area contributed by atoms with Gasteiger partial charge in [0.05, 0.1) is 23.9 Å². The maximum atomic E-state index is 12.7. The van der Waals surface area contributed by atoms with Gasteiger partial charge in [0.25, 0.3) is 5.91 Å². The van der Waals surface area contributed by atoms with E-state index in [-0.39, 0.29) is 24.8 Å². The molecule has 1 aliphatic rings. The fraction of sp³-hybridized carbons (Fsp3) is 0.312. The zero-order chi connectivity index (χ0) is 17.3. The molecule has 7 nitrogen and oxygen atoms in total. The number of carbonyl (C=O) groups excluding carboxylic acids is 1. The van der Waals surface area contributed by atoms with E-state index >= 15 is 0 Å². The maximum Gasteiger partial charge on any atom is 0.334 e. The van der Waals surface area contributed by atoms with Crippen molar-refractivity contribution in [1.29, 1.82) is 0 Å². The molecular formula is C16H16ClN3O4. The third-order valence-electron chi connectivity index (χ3n) is 3.83. The Morgan fingerprint density at radius 3 is 2.83 bits per heavy atom. The van der Waals surface area contributed by atoms with Gasteiger partial charge < -0.3 is 14.7 Å². The van der Waals surface area contributed by atoms with Crippen LogP contribution in [0.3, 0.4) is 0 Å². The number of amides is 1. The van der Waals surface area contributed by atoms with Crippen LogP contribution in [0.4, 0.5) is 0 Å². The first-order chi connectivity index (χ1) is 11.5. The Balaban J connectivity index is 1.86. The van der Waals surface area contributed by atoms with E-state index < -0.39 is 12.1 Å². The molecule has 0 bridgehead atoms. The first kappa shape index (κ1) is 16.5. The molecule has 8 heteroatoms. The second-order valence-corrected chi connectivity index (χ2v) is 5.91. The van der Waals surface area contributed by atoms with E-state index in [0.29, 0.717) is 22.8 Å². The highest BCUT2D eigenvalue weighted by atomic mass is 35.5. The number of ether oxygens (including phenoxy) is 1. The van der Waals surface area contributed by atoms with Crippen molar-refractivity contribution >= 4 is 23.5 Å². The summed E-state index contributed by atoms with van der Waals surface area (Å²) in [5, 5.41) is 13.9. The summed E-state index contributed by atoms with van der Waals surface area (Å²) in [5.74, 6) is -1.39. The van der Waals surface area contributed by atoms with Gasteiger partial charge in [-0.25, -0.2) is 9.48 Å². The van der Waals surface area contributed by atoms with Gasteiger partial charge in [-0.3, -0.25) is 4.79 Å². The Morgan fingerprint density at radius 1 is 1.38 bits per heavy atom. The number of morpholine rings is 1. The molecule has 1 fully saturated rings. The Kier molecular flexibility index (Phi) is 4.55. The van der Waals surface area contributed by atoms with Crippen molar-refractivity contribution in [3.63, 3.8) is 0 Å². The Hall–Kier alpha value is -2.38. The molecule has 126 valence electrons. The molecule has 0 radical (unpaired) electrons. The van der Waals surface area contributed by atoms with Crippen LogP contribution < -0.4 is 0 Å². The van der Waals surface area contributed by atoms with Crippen molar-refractivity contribution < 1.29 is 19.4 Å². The highest BCUT2D eigenvalue weighted by molar-refractivity contribution is 6.32. The van der Waals surface area contributed by atoms with E-state index in [1.807, 2.05) is 12.1 Å². The summed E-state index contributed by atoms with van der Waals surface area (Å²) < 4.78 is 6.70. The van der Waals surface area contributed by atoms with Gasteiger partial charge in [0.15, 0.2) is 11.8 Å². The van der Waals surface area contributed by atoms with Crippen molar-refractivity contribution in [2.24, 2.45) is 0 Å². The summed E-state index contributed by atoms with van der Waals surface area (Å²) in [7, 11) is 0. The molecule has 1 amide bonds. The number of nitrogens with zero attached hydrogens (tertiary/aromatic N) is 3. The van der Waals surface area contributed by atoms with E-state index in [2.05, 4.69) is 5.10 Å². The number of hydrogen-bond donors (Lipinski definition) is 1. The number of aliphatic carboxylic acids is 1. The molecule has 0 spiro atoms. The van der Waals surface area contributed by atoms with Crippen LogP contribution in [0.15, 0.2) is 30.5 Å². The minimum Gasteiger partial charge on any atom is -0.479 e. The van der Waals surface area contributed by atoms with Crippen LogP contribution >= 0.6 is 11.6 Å². The number of aryl methyl sites for hydroxylation is 1. The lowest BCUT2D eigenvalue weighted by molar-refractivity contribution is -0.154. The largest absolute Gasteiger partial charge is 0.479 e. The summed E-state index contributed by atoms with van der Waals surface area (Å²) in [5.41, 5.74) is 1.64. The maximum absolute atomic E-state index is 12.7. The van der Waals surface area contributed by atoms with Crippen LogP contribution in [0.1, 0.15) is 16.1 Å². The molecule has 1 unspecified atom stereocenters. The van der Waals surface area contributed by atoms with Gasteiger partial charge in [0, 0.05) is 18.3 Å². The van der Waals surface area contributed by atoms with Crippen LogP contribution in [0.5, 0.6) is 0 Å². The lowest BCUT2D eigenvalue weighted by Gasteiger charge is -2.30. The molecule has 3 rings (SSSR count). The second kappa shape index (κ2) is 6.62. The highest BCUT2D eigenvalue weighted by Crippen LogP contribution is 2.21. The zero-order valence-corrected chi connectivity index (χ0v) is 13.7. The fourth-order valence-corrected chi connectivity index (χ4v) is 2.79. The van der Waals surface area contributed by atoms with Gasteiger partial charge >= 0.3 is 5.97 Å². The molecule has 1 aliphatic heterocycles. The monoisotopic (exact) mass is 349 g/mol. The Bertz CT molecular complexity index is 789. The van der Waals surface area contributed by atoms with E-state index in [1.54, 1.807) is 29.9 Å². The van der Waals surface area contributed by atoms with Crippen molar-refractivity contribution in [3.8, 4) is 5.69 Å². The molecule has 2 heterocycles. The predicted molar refractivity (Wildman–Crippen MR) is 86.6 cm³/mol. The summed E-state index contributed by atoms with van der Waals surface area (Å²) >= 11 is 6.16. The van der Waals surface area contributed by atoms with Gasteiger partial charge in [0.2, 0.25) is 0 Å². The standard InChI is InChI=1S/C16H16ClN3O4/c1-10-8-20(12-5-3-2-4-11(12)17)18-14(10)15(21)19-6-7-24-13(9-19)16(22)23/h2-5,8,13H,6-7,9H2,1H3,(H,22,23). The van der Waals surface area contributed by atoms with Crippen molar-refractivity contribution in [1.82, 2.24) is 14.7 Å². The normalized spacial score (nSPS) is 17.8. The second-order valence-electron chi connectivity index (χ2n) is 5.51. The minimum atomic E-state index is -1.08. The summed E-state index contributed by atoms with van der Waals surface area (Å²) in [4.78, 5) is 25.2. The number of benzene rings is 1. The predicted octanol–water partition coefficient (Wildman–Crippen LogP) is 1.76. The Morgan fingerprint density at radius 2 is 2.12 bits per heavy atom. The SMILES string of the molecule is Cc1cn(-c2ccccc2Cl)nc1C(=O)N1CCOC(C(=O)O)C1. The zero-order valence-electron chi connectivity index (χ0n) is 13.0. The summed E-state index contributed by atoms with van der Waals surface area (Å²) in [6.45, 7) is 2.31. The van der Waals surface area contributed by atoms with Crippen LogP contribution in [0.2, 0.25) is 5.02 Å². The molecule has 24 heavy (non-hydrogen) atoms. The molecule has 0 aliphatic carbocycles. The molecule has 1 aromatic heterocycles. The quantitative estimate of drug-likeness (QED) is 0.912. The van der Waals surface area contributed by atoms with Crippen molar-refractivity contribution in [3.05, 3.63) is 46.7 Å². The molecule has 1 aromatic carbocycles. The third-order valence-corrected chi connectivity index (χ3v) is 4.15. The number of carboxylic acids is 1. The number of carboxylic acid groups (broad SMARTS) is 1. The number of carbonyl (C=O) groups is 2. The van der Waals surface area contributed by atoms with Gasteiger partial charge in [-0.1, -0.05) is 23.7 Å². The van der Waals surface area contributed by atoms with Gasteiger partial charge in [-0.05, 0) is 19.1 Å². The van der Waals surface area contributed by atoms with E-state index in [4.69, 9.17) is 21.4 Å². The summed E-state index contributed by atoms with van der Waals surface area (Å²) in [6.07, 6.45) is 0.720. The average Bonchev–Trinajstić information content (AvgIpc) is 2.96. The van der Waals surface area contributed by atoms with Crippen LogP contribution in [0.25, 0.3) is 5.69 Å². The van der Waals surface area contributed by atoms with Crippen molar-refractivity contribution in [2.75, 3.05) is 19.7 Å². The van der Waals surface area contributed by atoms with E-state index in [9.17, 15) is 9.59 Å².